The van der Waals surface area contributed by atoms with Crippen LogP contribution in [-0.4, -0.2) is 16.5 Å². The molecule has 0 aliphatic rings. The maximum absolute atomic E-state index is 6.00. The summed E-state index contributed by atoms with van der Waals surface area (Å²) in [5.74, 6) is 1.25. The fourth-order valence-electron chi connectivity index (χ4n) is 2.25. The second kappa shape index (κ2) is 7.99. The predicted molar refractivity (Wildman–Crippen MR) is 100 cm³/mol. The van der Waals surface area contributed by atoms with Crippen LogP contribution >= 0.6 is 23.2 Å². The molecular formula is C18H16Cl2N4. The van der Waals surface area contributed by atoms with Gasteiger partial charge in [-0.3, -0.25) is 0 Å². The van der Waals surface area contributed by atoms with E-state index in [1.165, 1.54) is 5.56 Å². The third kappa shape index (κ3) is 4.85. The van der Waals surface area contributed by atoms with Gasteiger partial charge >= 0.3 is 0 Å². The largest absolute Gasteiger partial charge is 0.354 e. The maximum Gasteiger partial charge on any atom is 0.224 e. The lowest BCUT2D eigenvalue weighted by atomic mass is 10.1. The van der Waals surface area contributed by atoms with Gasteiger partial charge in [-0.15, -0.1) is 0 Å². The lowest BCUT2D eigenvalue weighted by molar-refractivity contribution is 0.985. The zero-order valence-electron chi connectivity index (χ0n) is 12.8. The van der Waals surface area contributed by atoms with Gasteiger partial charge in [0.25, 0.3) is 0 Å². The van der Waals surface area contributed by atoms with Crippen molar-refractivity contribution in [2.75, 3.05) is 17.2 Å². The Labute approximate surface area is 150 Å². The molecule has 0 spiro atoms. The van der Waals surface area contributed by atoms with Gasteiger partial charge in [-0.2, -0.15) is 4.98 Å². The number of nitrogens with one attached hydrogen (secondary N) is 2. The van der Waals surface area contributed by atoms with Gasteiger partial charge in [0.1, 0.15) is 5.82 Å². The van der Waals surface area contributed by atoms with Crippen molar-refractivity contribution < 1.29 is 0 Å². The van der Waals surface area contributed by atoms with Crippen LogP contribution in [0.1, 0.15) is 5.56 Å². The lowest BCUT2D eigenvalue weighted by Gasteiger charge is -2.09. The average molecular weight is 359 g/mol. The molecule has 6 heteroatoms. The summed E-state index contributed by atoms with van der Waals surface area (Å²) in [6, 6.07) is 17.3. The number of nitrogens with zero attached hydrogens (tertiary/aromatic N) is 2. The highest BCUT2D eigenvalue weighted by atomic mass is 35.5. The van der Waals surface area contributed by atoms with E-state index in [9.17, 15) is 0 Å². The number of halogens is 2. The van der Waals surface area contributed by atoms with Gasteiger partial charge in [0.2, 0.25) is 5.95 Å². The highest BCUT2D eigenvalue weighted by molar-refractivity contribution is 6.35. The SMILES string of the molecule is Clc1cc(Cl)cc(Nc2ccnc(NCCc3ccccc3)n2)c1. The molecule has 3 rings (SSSR count). The van der Waals surface area contributed by atoms with Gasteiger partial charge in [0.15, 0.2) is 0 Å². The first kappa shape index (κ1) is 16.6. The first-order chi connectivity index (χ1) is 11.7. The van der Waals surface area contributed by atoms with Crippen molar-refractivity contribution in [2.24, 2.45) is 0 Å². The van der Waals surface area contributed by atoms with Gasteiger partial charge in [-0.25, -0.2) is 4.98 Å². The molecule has 0 unspecified atom stereocenters. The molecule has 1 heterocycles. The molecule has 3 aromatic rings. The van der Waals surface area contributed by atoms with Crippen LogP contribution < -0.4 is 10.6 Å². The quantitative estimate of drug-likeness (QED) is 0.637. The van der Waals surface area contributed by atoms with Gasteiger partial charge < -0.3 is 10.6 Å². The monoisotopic (exact) mass is 358 g/mol. The number of hydrogen-bond acceptors (Lipinski definition) is 4. The smallest absolute Gasteiger partial charge is 0.224 e. The van der Waals surface area contributed by atoms with E-state index >= 15 is 0 Å². The van der Waals surface area contributed by atoms with Crippen molar-refractivity contribution in [3.63, 3.8) is 0 Å². The molecule has 0 saturated heterocycles. The number of anilines is 3. The molecule has 0 fully saturated rings. The van der Waals surface area contributed by atoms with E-state index in [0.717, 1.165) is 18.7 Å². The standard InChI is InChI=1S/C18H16Cl2N4/c19-14-10-15(20)12-16(11-14)23-17-7-9-22-18(24-17)21-8-6-13-4-2-1-3-5-13/h1-5,7,9-12H,6,8H2,(H2,21,22,23,24). The van der Waals surface area contributed by atoms with Crippen LogP contribution in [0.15, 0.2) is 60.8 Å². The zero-order chi connectivity index (χ0) is 16.8. The molecule has 0 aliphatic heterocycles. The van der Waals surface area contributed by atoms with Crippen LogP contribution in [0.3, 0.4) is 0 Å². The summed E-state index contributed by atoms with van der Waals surface area (Å²) in [4.78, 5) is 8.67. The van der Waals surface area contributed by atoms with Crippen LogP contribution in [0.25, 0.3) is 0 Å². The Balaban J connectivity index is 1.61. The fraction of sp³-hybridized carbons (Fsp3) is 0.111. The molecule has 0 radical (unpaired) electrons. The van der Waals surface area contributed by atoms with Crippen molar-refractivity contribution >= 4 is 40.7 Å². The van der Waals surface area contributed by atoms with E-state index in [4.69, 9.17) is 23.2 Å². The van der Waals surface area contributed by atoms with Gasteiger partial charge in [-0.1, -0.05) is 53.5 Å². The Kier molecular flexibility index (Phi) is 5.51. The van der Waals surface area contributed by atoms with E-state index in [1.54, 1.807) is 30.5 Å². The summed E-state index contributed by atoms with van der Waals surface area (Å²) >= 11 is 12.0. The topological polar surface area (TPSA) is 49.8 Å². The zero-order valence-corrected chi connectivity index (χ0v) is 14.3. The molecule has 0 saturated carbocycles. The summed E-state index contributed by atoms with van der Waals surface area (Å²) < 4.78 is 0. The van der Waals surface area contributed by atoms with Crippen LogP contribution in [0.2, 0.25) is 10.0 Å². The van der Waals surface area contributed by atoms with Gasteiger partial charge in [0.05, 0.1) is 0 Å². The average Bonchev–Trinajstić information content (AvgIpc) is 2.55. The Morgan fingerprint density at radius 2 is 1.67 bits per heavy atom. The van der Waals surface area contributed by atoms with Crippen molar-refractivity contribution in [1.82, 2.24) is 9.97 Å². The molecule has 0 amide bonds. The Morgan fingerprint density at radius 1 is 0.917 bits per heavy atom. The summed E-state index contributed by atoms with van der Waals surface area (Å²) in [5, 5.41) is 7.54. The molecule has 0 bridgehead atoms. The molecule has 122 valence electrons. The maximum atomic E-state index is 6.00. The molecule has 0 atom stereocenters. The molecule has 2 aromatic carbocycles. The highest BCUT2D eigenvalue weighted by Crippen LogP contribution is 2.24. The highest BCUT2D eigenvalue weighted by Gasteiger charge is 2.02. The van der Waals surface area contributed by atoms with Crippen molar-refractivity contribution in [3.05, 3.63) is 76.4 Å². The fourth-order valence-corrected chi connectivity index (χ4v) is 2.78. The number of aromatic nitrogens is 2. The van der Waals surface area contributed by atoms with E-state index in [-0.39, 0.29) is 0 Å². The molecule has 2 N–H and O–H groups in total. The Morgan fingerprint density at radius 3 is 2.42 bits per heavy atom. The molecule has 0 aliphatic carbocycles. The summed E-state index contributed by atoms with van der Waals surface area (Å²) in [7, 11) is 0. The van der Waals surface area contributed by atoms with Crippen LogP contribution in [0.4, 0.5) is 17.5 Å². The minimum absolute atomic E-state index is 0.570. The van der Waals surface area contributed by atoms with Crippen LogP contribution in [-0.2, 0) is 6.42 Å². The van der Waals surface area contributed by atoms with E-state index in [2.05, 4.69) is 32.7 Å². The number of rotatable bonds is 6. The number of hydrogen-bond donors (Lipinski definition) is 2. The third-order valence-electron chi connectivity index (χ3n) is 3.33. The normalized spacial score (nSPS) is 10.4. The van der Waals surface area contributed by atoms with Gasteiger partial charge in [0, 0.05) is 28.5 Å². The van der Waals surface area contributed by atoms with Crippen LogP contribution in [0.5, 0.6) is 0 Å². The van der Waals surface area contributed by atoms with E-state index in [1.807, 2.05) is 18.2 Å². The Hall–Kier alpha value is -2.30. The Bertz CT molecular complexity index is 789. The first-order valence-electron chi connectivity index (χ1n) is 7.53. The van der Waals surface area contributed by atoms with E-state index in [0.29, 0.717) is 21.8 Å². The lowest BCUT2D eigenvalue weighted by Crippen LogP contribution is -2.08. The second-order valence-corrected chi connectivity index (χ2v) is 6.08. The van der Waals surface area contributed by atoms with Gasteiger partial charge in [-0.05, 0) is 36.2 Å². The number of benzene rings is 2. The van der Waals surface area contributed by atoms with Crippen molar-refractivity contribution in [2.45, 2.75) is 6.42 Å². The van der Waals surface area contributed by atoms with Crippen molar-refractivity contribution in [1.29, 1.82) is 0 Å². The third-order valence-corrected chi connectivity index (χ3v) is 3.77. The molecular weight excluding hydrogens is 343 g/mol. The second-order valence-electron chi connectivity index (χ2n) is 5.21. The summed E-state index contributed by atoms with van der Waals surface area (Å²) in [5.41, 5.74) is 2.05. The molecule has 1 aromatic heterocycles. The first-order valence-corrected chi connectivity index (χ1v) is 8.28. The minimum Gasteiger partial charge on any atom is -0.354 e. The summed E-state index contributed by atoms with van der Waals surface area (Å²) in [6.07, 6.45) is 2.61. The predicted octanol–water partition coefficient (Wildman–Crippen LogP) is 5.18. The van der Waals surface area contributed by atoms with Crippen molar-refractivity contribution in [3.8, 4) is 0 Å². The minimum atomic E-state index is 0.570. The summed E-state index contributed by atoms with van der Waals surface area (Å²) in [6.45, 7) is 0.760. The molecule has 24 heavy (non-hydrogen) atoms. The van der Waals surface area contributed by atoms with E-state index < -0.39 is 0 Å². The molecule has 4 nitrogen and oxygen atoms in total. The van der Waals surface area contributed by atoms with Crippen LogP contribution in [0, 0.1) is 0 Å².